The lowest BCUT2D eigenvalue weighted by molar-refractivity contribution is -0.143. The molecule has 2 N–H and O–H groups in total. The fourth-order valence-electron chi connectivity index (χ4n) is 2.62. The van der Waals surface area contributed by atoms with Gasteiger partial charge in [0.15, 0.2) is 9.84 Å². The molecule has 0 bridgehead atoms. The highest BCUT2D eigenvalue weighted by atomic mass is 32.2. The van der Waals surface area contributed by atoms with Crippen molar-refractivity contribution in [2.75, 3.05) is 37.9 Å². The van der Waals surface area contributed by atoms with Crippen LogP contribution in [0.3, 0.4) is 0 Å². The molecule has 1 atom stereocenters. The lowest BCUT2D eigenvalue weighted by atomic mass is 9.99. The highest BCUT2D eigenvalue weighted by molar-refractivity contribution is 7.91. The van der Waals surface area contributed by atoms with E-state index in [4.69, 9.17) is 9.84 Å². The van der Waals surface area contributed by atoms with Crippen LogP contribution in [0.5, 0.6) is 0 Å². The third kappa shape index (κ3) is 5.17. The molecule has 1 saturated heterocycles. The second-order valence-electron chi connectivity index (χ2n) is 5.89. The Kier molecular flexibility index (Phi) is 6.38. The molecule has 0 aliphatic carbocycles. The number of methoxy groups -OCH3 is 1. The highest BCUT2D eigenvalue weighted by Crippen LogP contribution is 2.19. The van der Waals surface area contributed by atoms with Gasteiger partial charge in [0.05, 0.1) is 23.2 Å². The topological polar surface area (TPSA) is 113 Å². The summed E-state index contributed by atoms with van der Waals surface area (Å²) < 4.78 is 28.9. The molecule has 8 nitrogen and oxygen atoms in total. The first-order valence-electron chi connectivity index (χ1n) is 7.94. The van der Waals surface area contributed by atoms with Crippen LogP contribution in [0, 0.1) is 5.92 Å². The van der Waals surface area contributed by atoms with E-state index in [-0.39, 0.29) is 29.8 Å². The molecule has 138 valence electrons. The summed E-state index contributed by atoms with van der Waals surface area (Å²) in [6, 6.07) is 5.49. The number of carboxylic acids is 1. The summed E-state index contributed by atoms with van der Waals surface area (Å²) in [5.41, 5.74) is 0.452. The van der Waals surface area contributed by atoms with Crippen LogP contribution >= 0.6 is 0 Å². The number of nitrogens with one attached hydrogen (secondary N) is 1. The molecule has 1 aliphatic rings. The van der Waals surface area contributed by atoms with E-state index in [1.54, 1.807) is 0 Å². The van der Waals surface area contributed by atoms with E-state index in [1.807, 2.05) is 0 Å². The first kappa shape index (κ1) is 19.2. The standard InChI is InChI=1S/C16H22N2O6S/c1-24-9-10-25(22,23)14-6-4-13(5-7-14)17-16(21)18-8-2-3-12(11-18)15(19)20/h4-7,12H,2-3,8-11H2,1H3,(H,17,21)(H,19,20). The summed E-state index contributed by atoms with van der Waals surface area (Å²) in [4.78, 5) is 24.9. The van der Waals surface area contributed by atoms with Crippen molar-refractivity contribution in [3.05, 3.63) is 24.3 Å². The average Bonchev–Trinajstić information content (AvgIpc) is 2.60. The van der Waals surface area contributed by atoms with E-state index in [1.165, 1.54) is 36.3 Å². The van der Waals surface area contributed by atoms with Gasteiger partial charge in [-0.2, -0.15) is 0 Å². The van der Waals surface area contributed by atoms with Gasteiger partial charge in [-0.1, -0.05) is 0 Å². The third-order valence-electron chi connectivity index (χ3n) is 4.08. The number of likely N-dealkylation sites (tertiary alicyclic amines) is 1. The van der Waals surface area contributed by atoms with Gasteiger partial charge in [0.25, 0.3) is 0 Å². The second kappa shape index (κ2) is 8.30. The Hall–Kier alpha value is -2.13. The molecule has 1 fully saturated rings. The van der Waals surface area contributed by atoms with Gasteiger partial charge in [0.2, 0.25) is 0 Å². The Morgan fingerprint density at radius 3 is 2.60 bits per heavy atom. The summed E-state index contributed by atoms with van der Waals surface area (Å²) in [5.74, 6) is -1.56. The van der Waals surface area contributed by atoms with Crippen LogP contribution in [-0.4, -0.2) is 63.0 Å². The highest BCUT2D eigenvalue weighted by Gasteiger charge is 2.28. The molecule has 1 aromatic carbocycles. The SMILES string of the molecule is COCCS(=O)(=O)c1ccc(NC(=O)N2CCCC(C(=O)O)C2)cc1. The maximum Gasteiger partial charge on any atom is 0.321 e. The predicted octanol–water partition coefficient (Wildman–Crippen LogP) is 1.44. The minimum Gasteiger partial charge on any atom is -0.481 e. The zero-order valence-electron chi connectivity index (χ0n) is 14.0. The Labute approximate surface area is 146 Å². The van der Waals surface area contributed by atoms with Crippen LogP contribution in [-0.2, 0) is 19.4 Å². The summed E-state index contributed by atoms with van der Waals surface area (Å²) in [6.45, 7) is 0.782. The number of hydrogen-bond donors (Lipinski definition) is 2. The Balaban J connectivity index is 1.99. The van der Waals surface area contributed by atoms with Gasteiger partial charge in [-0.25, -0.2) is 13.2 Å². The minimum atomic E-state index is -3.42. The number of aliphatic carboxylic acids is 1. The fraction of sp³-hybridized carbons (Fsp3) is 0.500. The van der Waals surface area contributed by atoms with E-state index in [2.05, 4.69) is 5.32 Å². The van der Waals surface area contributed by atoms with Gasteiger partial charge >= 0.3 is 12.0 Å². The van der Waals surface area contributed by atoms with Gasteiger partial charge in [0, 0.05) is 25.9 Å². The molecular weight excluding hydrogens is 348 g/mol. The Morgan fingerprint density at radius 1 is 1.32 bits per heavy atom. The molecule has 2 rings (SSSR count). The summed E-state index contributed by atoms with van der Waals surface area (Å²) in [5, 5.41) is 11.7. The zero-order valence-corrected chi connectivity index (χ0v) is 14.8. The molecule has 0 saturated carbocycles. The number of anilines is 1. The number of nitrogens with zero attached hydrogens (tertiary/aromatic N) is 1. The van der Waals surface area contributed by atoms with Crippen LogP contribution in [0.1, 0.15) is 12.8 Å². The molecule has 9 heteroatoms. The number of hydrogen-bond acceptors (Lipinski definition) is 5. The van der Waals surface area contributed by atoms with Crippen LogP contribution in [0.15, 0.2) is 29.2 Å². The van der Waals surface area contributed by atoms with Gasteiger partial charge in [-0.3, -0.25) is 4.79 Å². The van der Waals surface area contributed by atoms with Crippen molar-refractivity contribution < 1.29 is 27.9 Å². The molecule has 0 spiro atoms. The monoisotopic (exact) mass is 370 g/mol. The van der Waals surface area contributed by atoms with E-state index < -0.39 is 21.7 Å². The number of piperidine rings is 1. The Morgan fingerprint density at radius 2 is 2.00 bits per heavy atom. The van der Waals surface area contributed by atoms with Crippen molar-refractivity contribution >= 4 is 27.5 Å². The summed E-state index contributed by atoms with van der Waals surface area (Å²) >= 11 is 0. The first-order valence-corrected chi connectivity index (χ1v) is 9.59. The van der Waals surface area contributed by atoms with Crippen molar-refractivity contribution in [1.29, 1.82) is 0 Å². The molecule has 1 heterocycles. The van der Waals surface area contributed by atoms with Crippen molar-refractivity contribution in [2.45, 2.75) is 17.7 Å². The summed E-state index contributed by atoms with van der Waals surface area (Å²) in [7, 11) is -1.98. The molecule has 2 amide bonds. The van der Waals surface area contributed by atoms with Gasteiger partial charge < -0.3 is 20.1 Å². The zero-order chi connectivity index (χ0) is 18.4. The lowest BCUT2D eigenvalue weighted by Crippen LogP contribution is -2.44. The number of amides is 2. The maximum atomic E-state index is 12.2. The number of sulfone groups is 1. The lowest BCUT2D eigenvalue weighted by Gasteiger charge is -2.30. The van der Waals surface area contributed by atoms with Gasteiger partial charge in [-0.15, -0.1) is 0 Å². The number of urea groups is 1. The number of rotatable bonds is 6. The second-order valence-corrected chi connectivity index (χ2v) is 8.00. The van der Waals surface area contributed by atoms with Crippen LogP contribution < -0.4 is 5.32 Å². The number of benzene rings is 1. The smallest absolute Gasteiger partial charge is 0.321 e. The minimum absolute atomic E-state index is 0.112. The quantitative estimate of drug-likeness (QED) is 0.783. The average molecular weight is 370 g/mol. The normalized spacial score (nSPS) is 18.0. The molecular formula is C16H22N2O6S. The maximum absolute atomic E-state index is 12.2. The van der Waals surface area contributed by atoms with E-state index >= 15 is 0 Å². The van der Waals surface area contributed by atoms with Crippen molar-refractivity contribution in [3.63, 3.8) is 0 Å². The molecule has 1 unspecified atom stereocenters. The first-order chi connectivity index (χ1) is 11.8. The van der Waals surface area contributed by atoms with Gasteiger partial charge in [0.1, 0.15) is 0 Å². The van der Waals surface area contributed by atoms with Crippen LogP contribution in [0.25, 0.3) is 0 Å². The Bertz CT molecular complexity index is 717. The number of carboxylic acid groups (broad SMARTS) is 1. The fourth-order valence-corrected chi connectivity index (χ4v) is 3.79. The molecule has 0 aromatic heterocycles. The summed E-state index contributed by atoms with van der Waals surface area (Å²) in [6.07, 6.45) is 1.20. The number of carbonyl (C=O) groups is 2. The van der Waals surface area contributed by atoms with Crippen LogP contribution in [0.2, 0.25) is 0 Å². The molecule has 0 radical (unpaired) electrons. The third-order valence-corrected chi connectivity index (χ3v) is 5.77. The van der Waals surface area contributed by atoms with E-state index in [0.29, 0.717) is 25.1 Å². The van der Waals surface area contributed by atoms with Crippen LogP contribution in [0.4, 0.5) is 10.5 Å². The number of ether oxygens (including phenoxy) is 1. The van der Waals surface area contributed by atoms with Gasteiger partial charge in [-0.05, 0) is 37.1 Å². The van der Waals surface area contributed by atoms with E-state index in [9.17, 15) is 18.0 Å². The van der Waals surface area contributed by atoms with Crippen molar-refractivity contribution in [3.8, 4) is 0 Å². The molecule has 1 aromatic rings. The molecule has 25 heavy (non-hydrogen) atoms. The predicted molar refractivity (Wildman–Crippen MR) is 91.3 cm³/mol. The van der Waals surface area contributed by atoms with Crippen molar-refractivity contribution in [2.24, 2.45) is 5.92 Å². The van der Waals surface area contributed by atoms with E-state index in [0.717, 1.165) is 0 Å². The number of carbonyl (C=O) groups excluding carboxylic acids is 1. The molecule has 1 aliphatic heterocycles. The van der Waals surface area contributed by atoms with Crippen molar-refractivity contribution in [1.82, 2.24) is 4.90 Å². The largest absolute Gasteiger partial charge is 0.481 e.